The molecule has 0 unspecified atom stereocenters. The number of hydrogen-bond donors (Lipinski definition) is 1. The number of hydrogen-bond acceptors (Lipinski definition) is 5. The quantitative estimate of drug-likeness (QED) is 0.456. The van der Waals surface area contributed by atoms with E-state index in [-0.39, 0.29) is 13.0 Å². The van der Waals surface area contributed by atoms with Gasteiger partial charge in [0.15, 0.2) is 0 Å². The van der Waals surface area contributed by atoms with Crippen LogP contribution in [0.4, 0.5) is 0 Å². The van der Waals surface area contributed by atoms with Crippen molar-refractivity contribution in [1.82, 2.24) is 0 Å². The van der Waals surface area contributed by atoms with Gasteiger partial charge in [-0.15, -0.1) is 0 Å². The van der Waals surface area contributed by atoms with E-state index in [4.69, 9.17) is 5.73 Å². The lowest BCUT2D eigenvalue weighted by Gasteiger charge is -1.99. The predicted octanol–water partition coefficient (Wildman–Crippen LogP) is -0.253. The smallest absolute Gasteiger partial charge is 0.321 e. The van der Waals surface area contributed by atoms with Gasteiger partial charge >= 0.3 is 11.9 Å². The normalized spacial score (nSPS) is 8.91. The highest BCUT2D eigenvalue weighted by atomic mass is 17.2. The van der Waals surface area contributed by atoms with Crippen molar-refractivity contribution in [3.63, 3.8) is 0 Å². The van der Waals surface area contributed by atoms with Gasteiger partial charge in [-0.25, -0.2) is 19.4 Å². The Labute approximate surface area is 64.4 Å². The molecule has 0 aromatic carbocycles. The number of rotatable bonds is 3. The fraction of sp³-hybridized carbons (Fsp3) is 0.667. The molecule has 64 valence electrons. The van der Waals surface area contributed by atoms with E-state index in [0.29, 0.717) is 6.42 Å². The van der Waals surface area contributed by atoms with E-state index in [1.54, 1.807) is 0 Å². The summed E-state index contributed by atoms with van der Waals surface area (Å²) in [5, 5.41) is 0. The molecule has 0 fully saturated rings. The zero-order valence-corrected chi connectivity index (χ0v) is 6.33. The Balaban J connectivity index is 3.38. The molecule has 0 spiro atoms. The second-order valence-electron chi connectivity index (χ2n) is 1.86. The lowest BCUT2D eigenvalue weighted by Crippen LogP contribution is -2.18. The van der Waals surface area contributed by atoms with Crippen molar-refractivity contribution < 1.29 is 19.4 Å². The van der Waals surface area contributed by atoms with E-state index in [1.807, 2.05) is 6.92 Å². The van der Waals surface area contributed by atoms with Crippen molar-refractivity contribution in [2.24, 2.45) is 5.73 Å². The monoisotopic (exact) mass is 161 g/mol. The maximum absolute atomic E-state index is 10.5. The summed E-state index contributed by atoms with van der Waals surface area (Å²) in [6, 6.07) is 0. The van der Waals surface area contributed by atoms with Crippen LogP contribution in [0.3, 0.4) is 0 Å². The van der Waals surface area contributed by atoms with Gasteiger partial charge < -0.3 is 5.73 Å². The lowest BCUT2D eigenvalue weighted by atomic mass is 10.3. The van der Waals surface area contributed by atoms with Gasteiger partial charge in [-0.2, -0.15) is 0 Å². The molecule has 0 aliphatic carbocycles. The highest BCUT2D eigenvalue weighted by molar-refractivity contribution is 5.73. The number of carbonyl (C=O) groups excluding carboxylic acids is 2. The van der Waals surface area contributed by atoms with E-state index < -0.39 is 11.9 Å². The van der Waals surface area contributed by atoms with Crippen LogP contribution < -0.4 is 5.73 Å². The summed E-state index contributed by atoms with van der Waals surface area (Å²) < 4.78 is 0. The molecule has 0 heterocycles. The topological polar surface area (TPSA) is 78.6 Å². The third kappa shape index (κ3) is 5.35. The molecule has 0 saturated carbocycles. The Bertz CT molecular complexity index is 146. The van der Waals surface area contributed by atoms with E-state index in [0.717, 1.165) is 0 Å². The summed E-state index contributed by atoms with van der Waals surface area (Å²) in [5.41, 5.74) is 4.87. The van der Waals surface area contributed by atoms with E-state index in [2.05, 4.69) is 9.78 Å². The summed E-state index contributed by atoms with van der Waals surface area (Å²) >= 11 is 0. The van der Waals surface area contributed by atoms with Gasteiger partial charge in [-0.05, 0) is 6.42 Å². The minimum atomic E-state index is -0.755. The molecule has 0 atom stereocenters. The Morgan fingerprint density at radius 3 is 2.27 bits per heavy atom. The molecule has 0 amide bonds. The highest BCUT2D eigenvalue weighted by Gasteiger charge is 2.05. The third-order valence-electron chi connectivity index (χ3n) is 0.848. The van der Waals surface area contributed by atoms with Crippen molar-refractivity contribution >= 4 is 11.9 Å². The van der Waals surface area contributed by atoms with Crippen molar-refractivity contribution in [1.29, 1.82) is 0 Å². The molecule has 0 bridgehead atoms. The Hall–Kier alpha value is -1.10. The Kier molecular flexibility index (Phi) is 5.10. The first-order valence-electron chi connectivity index (χ1n) is 3.31. The van der Waals surface area contributed by atoms with Crippen LogP contribution in [0.25, 0.3) is 0 Å². The summed E-state index contributed by atoms with van der Waals surface area (Å²) in [7, 11) is 0. The standard InChI is InChI=1S/C6H11NO4/c1-2-3-5(8)10-11-6(9)4-7/h2-4,7H2,1H3. The first-order chi connectivity index (χ1) is 5.20. The molecule has 5 nitrogen and oxygen atoms in total. The van der Waals surface area contributed by atoms with Crippen molar-refractivity contribution in [2.45, 2.75) is 19.8 Å². The predicted molar refractivity (Wildman–Crippen MR) is 36.1 cm³/mol. The molecule has 0 radical (unpaired) electrons. The molecule has 11 heavy (non-hydrogen) atoms. The Morgan fingerprint density at radius 1 is 1.27 bits per heavy atom. The van der Waals surface area contributed by atoms with Crippen LogP contribution in [0.5, 0.6) is 0 Å². The molecule has 0 saturated heterocycles. The maximum atomic E-state index is 10.5. The van der Waals surface area contributed by atoms with Gasteiger partial charge in [0.2, 0.25) is 0 Å². The van der Waals surface area contributed by atoms with Crippen molar-refractivity contribution in [3.05, 3.63) is 0 Å². The molecule has 0 aliphatic rings. The average Bonchev–Trinajstić information content (AvgIpc) is 2.01. The zero-order valence-electron chi connectivity index (χ0n) is 6.33. The number of carbonyl (C=O) groups is 2. The van der Waals surface area contributed by atoms with Gasteiger partial charge in [0.05, 0.1) is 6.54 Å². The minimum Gasteiger partial charge on any atom is -0.321 e. The van der Waals surface area contributed by atoms with Crippen molar-refractivity contribution in [3.8, 4) is 0 Å². The van der Waals surface area contributed by atoms with Crippen LogP contribution >= 0.6 is 0 Å². The van der Waals surface area contributed by atoms with Crippen LogP contribution in [0.15, 0.2) is 0 Å². The molecule has 0 rings (SSSR count). The summed E-state index contributed by atoms with van der Waals surface area (Å²) in [6.07, 6.45) is 0.886. The van der Waals surface area contributed by atoms with Crippen LogP contribution in [0.1, 0.15) is 19.8 Å². The fourth-order valence-corrected chi connectivity index (χ4v) is 0.373. The largest absolute Gasteiger partial charge is 0.368 e. The van der Waals surface area contributed by atoms with E-state index in [1.165, 1.54) is 0 Å². The summed E-state index contributed by atoms with van der Waals surface area (Å²) in [4.78, 5) is 28.9. The SMILES string of the molecule is CCCC(=O)OOC(=O)CN. The van der Waals surface area contributed by atoms with Gasteiger partial charge in [0.25, 0.3) is 0 Å². The van der Waals surface area contributed by atoms with Gasteiger partial charge in [-0.1, -0.05) is 6.92 Å². The van der Waals surface area contributed by atoms with Crippen molar-refractivity contribution in [2.75, 3.05) is 6.54 Å². The fourth-order valence-electron chi connectivity index (χ4n) is 0.373. The zero-order chi connectivity index (χ0) is 8.69. The molecule has 0 aromatic heterocycles. The van der Waals surface area contributed by atoms with E-state index >= 15 is 0 Å². The Morgan fingerprint density at radius 2 is 1.82 bits per heavy atom. The lowest BCUT2D eigenvalue weighted by molar-refractivity contribution is -0.257. The van der Waals surface area contributed by atoms with Crippen LogP contribution in [0, 0.1) is 0 Å². The van der Waals surface area contributed by atoms with Crippen LogP contribution in [0.2, 0.25) is 0 Å². The maximum Gasteiger partial charge on any atom is 0.368 e. The van der Waals surface area contributed by atoms with E-state index in [9.17, 15) is 9.59 Å². The second-order valence-corrected chi connectivity index (χ2v) is 1.86. The summed E-state index contributed by atoms with van der Waals surface area (Å²) in [5.74, 6) is -1.32. The van der Waals surface area contributed by atoms with Crippen LogP contribution in [-0.2, 0) is 19.4 Å². The molecule has 0 aliphatic heterocycles. The second kappa shape index (κ2) is 5.67. The van der Waals surface area contributed by atoms with Crippen LogP contribution in [-0.4, -0.2) is 18.5 Å². The minimum absolute atomic E-state index is 0.234. The molecular formula is C6H11NO4. The first-order valence-corrected chi connectivity index (χ1v) is 3.31. The third-order valence-corrected chi connectivity index (χ3v) is 0.848. The van der Waals surface area contributed by atoms with Gasteiger partial charge in [0.1, 0.15) is 0 Å². The molecule has 5 heteroatoms. The number of nitrogens with two attached hydrogens (primary N) is 1. The molecule has 2 N–H and O–H groups in total. The average molecular weight is 161 g/mol. The molecular weight excluding hydrogens is 150 g/mol. The molecule has 0 aromatic rings. The van der Waals surface area contributed by atoms with Gasteiger partial charge in [-0.3, -0.25) is 0 Å². The first kappa shape index (κ1) is 9.90. The summed E-state index contributed by atoms with van der Waals surface area (Å²) in [6.45, 7) is 1.52. The van der Waals surface area contributed by atoms with Gasteiger partial charge in [0, 0.05) is 6.42 Å². The highest BCUT2D eigenvalue weighted by Crippen LogP contribution is 1.91.